The van der Waals surface area contributed by atoms with E-state index in [1.54, 1.807) is 12.4 Å². The number of nitrogens with two attached hydrogens (primary N) is 1. The van der Waals surface area contributed by atoms with Crippen LogP contribution in [0.15, 0.2) is 18.5 Å². The summed E-state index contributed by atoms with van der Waals surface area (Å²) in [6.45, 7) is 7.07. The van der Waals surface area contributed by atoms with Gasteiger partial charge in [0, 0.05) is 51.2 Å². The fraction of sp³-hybridized carbons (Fsp3) is 0.636. The highest BCUT2D eigenvalue weighted by molar-refractivity contribution is 5.86. The lowest BCUT2D eigenvalue weighted by Gasteiger charge is -2.35. The molecule has 0 spiro atoms. The minimum atomic E-state index is 0. The van der Waals surface area contributed by atoms with Gasteiger partial charge < -0.3 is 10.6 Å². The molecule has 1 saturated heterocycles. The van der Waals surface area contributed by atoms with Crippen LogP contribution in [0.4, 0.5) is 5.95 Å². The van der Waals surface area contributed by atoms with Gasteiger partial charge in [-0.15, -0.1) is 37.2 Å². The fourth-order valence-corrected chi connectivity index (χ4v) is 1.99. The third kappa shape index (κ3) is 6.58. The average Bonchev–Trinajstić information content (AvgIpc) is 2.30. The first-order valence-corrected chi connectivity index (χ1v) is 5.75. The summed E-state index contributed by atoms with van der Waals surface area (Å²) in [6.07, 6.45) is 3.58. The van der Waals surface area contributed by atoms with Gasteiger partial charge in [-0.3, -0.25) is 4.90 Å². The van der Waals surface area contributed by atoms with Crippen LogP contribution in [0, 0.1) is 0 Å². The molecule has 8 heteroatoms. The quantitative estimate of drug-likeness (QED) is 0.903. The van der Waals surface area contributed by atoms with Gasteiger partial charge in [0.25, 0.3) is 0 Å². The number of anilines is 1. The van der Waals surface area contributed by atoms with Crippen molar-refractivity contribution in [2.75, 3.05) is 37.6 Å². The van der Waals surface area contributed by atoms with Crippen LogP contribution < -0.4 is 10.6 Å². The van der Waals surface area contributed by atoms with Crippen LogP contribution in [-0.4, -0.2) is 53.6 Å². The zero-order valence-electron chi connectivity index (χ0n) is 10.9. The molecule has 2 rings (SSSR count). The highest BCUT2D eigenvalue weighted by Crippen LogP contribution is 2.09. The Kier molecular flexibility index (Phi) is 11.5. The number of piperazine rings is 1. The maximum atomic E-state index is 5.79. The van der Waals surface area contributed by atoms with Gasteiger partial charge in [-0.2, -0.15) is 0 Å². The lowest BCUT2D eigenvalue weighted by Crippen LogP contribution is -2.49. The monoisotopic (exact) mass is 329 g/mol. The van der Waals surface area contributed by atoms with Gasteiger partial charge in [0.2, 0.25) is 5.95 Å². The predicted octanol–water partition coefficient (Wildman–Crippen LogP) is 1.21. The molecule has 5 nitrogen and oxygen atoms in total. The van der Waals surface area contributed by atoms with Gasteiger partial charge in [-0.25, -0.2) is 9.97 Å². The Bertz CT molecular complexity index is 317. The molecule has 0 amide bonds. The van der Waals surface area contributed by atoms with Crippen LogP contribution in [0.5, 0.6) is 0 Å². The fourth-order valence-electron chi connectivity index (χ4n) is 1.99. The molecule has 1 aliphatic heterocycles. The summed E-state index contributed by atoms with van der Waals surface area (Å²) in [5.74, 6) is 0.836. The molecule has 1 aliphatic rings. The van der Waals surface area contributed by atoms with Crippen LogP contribution >= 0.6 is 37.2 Å². The summed E-state index contributed by atoms with van der Waals surface area (Å²) in [7, 11) is 0. The maximum Gasteiger partial charge on any atom is 0.225 e. The lowest BCUT2D eigenvalue weighted by molar-refractivity contribution is 0.245. The largest absolute Gasteiger partial charge is 0.338 e. The molecule has 1 fully saturated rings. The average molecular weight is 331 g/mol. The van der Waals surface area contributed by atoms with E-state index in [4.69, 9.17) is 5.73 Å². The Morgan fingerprint density at radius 3 is 2.11 bits per heavy atom. The van der Waals surface area contributed by atoms with E-state index in [9.17, 15) is 0 Å². The van der Waals surface area contributed by atoms with Gasteiger partial charge in [-0.1, -0.05) is 0 Å². The normalized spacial score (nSPS) is 16.6. The number of hydrogen-bond acceptors (Lipinski definition) is 5. The maximum absolute atomic E-state index is 5.79. The van der Waals surface area contributed by atoms with Crippen LogP contribution in [0.3, 0.4) is 0 Å². The van der Waals surface area contributed by atoms with Gasteiger partial charge in [0.15, 0.2) is 0 Å². The van der Waals surface area contributed by atoms with Crippen molar-refractivity contribution in [3.8, 4) is 0 Å². The van der Waals surface area contributed by atoms with E-state index in [-0.39, 0.29) is 43.3 Å². The van der Waals surface area contributed by atoms with Gasteiger partial charge >= 0.3 is 0 Å². The zero-order valence-corrected chi connectivity index (χ0v) is 13.4. The Morgan fingerprint density at radius 1 is 1.11 bits per heavy atom. The molecule has 2 N–H and O–H groups in total. The Labute approximate surface area is 133 Å². The molecule has 0 bridgehead atoms. The molecule has 19 heavy (non-hydrogen) atoms. The third-order valence-corrected chi connectivity index (χ3v) is 2.75. The summed E-state index contributed by atoms with van der Waals surface area (Å²) in [5.41, 5.74) is 5.79. The molecule has 0 saturated carbocycles. The molecule has 1 aromatic heterocycles. The van der Waals surface area contributed by atoms with E-state index in [0.29, 0.717) is 0 Å². The van der Waals surface area contributed by atoms with Crippen LogP contribution in [0.1, 0.15) is 6.92 Å². The van der Waals surface area contributed by atoms with Crippen molar-refractivity contribution in [3.63, 3.8) is 0 Å². The number of hydrogen-bond donors (Lipinski definition) is 1. The zero-order chi connectivity index (χ0) is 11.4. The van der Waals surface area contributed by atoms with E-state index in [1.165, 1.54) is 0 Å². The van der Waals surface area contributed by atoms with E-state index in [1.807, 2.05) is 13.0 Å². The first-order chi connectivity index (χ1) is 7.75. The second-order valence-electron chi connectivity index (χ2n) is 4.31. The molecule has 0 aromatic carbocycles. The lowest BCUT2D eigenvalue weighted by atomic mass is 10.2. The smallest absolute Gasteiger partial charge is 0.225 e. The van der Waals surface area contributed by atoms with Crippen molar-refractivity contribution in [2.24, 2.45) is 5.73 Å². The van der Waals surface area contributed by atoms with Crippen molar-refractivity contribution < 1.29 is 0 Å². The molecule has 2 heterocycles. The summed E-state index contributed by atoms with van der Waals surface area (Å²) in [5, 5.41) is 0. The molecular formula is C11H22Cl3N5. The van der Waals surface area contributed by atoms with Crippen molar-refractivity contribution >= 4 is 43.2 Å². The van der Waals surface area contributed by atoms with Crippen LogP contribution in [0.25, 0.3) is 0 Å². The minimum Gasteiger partial charge on any atom is -0.338 e. The summed E-state index contributed by atoms with van der Waals surface area (Å²) < 4.78 is 0. The molecule has 0 aliphatic carbocycles. The Morgan fingerprint density at radius 2 is 1.63 bits per heavy atom. The van der Waals surface area contributed by atoms with Crippen molar-refractivity contribution in [2.45, 2.75) is 13.0 Å². The predicted molar refractivity (Wildman–Crippen MR) is 86.1 cm³/mol. The topological polar surface area (TPSA) is 58.3 Å². The highest BCUT2D eigenvalue weighted by Gasteiger charge is 2.18. The summed E-state index contributed by atoms with van der Waals surface area (Å²) >= 11 is 0. The van der Waals surface area contributed by atoms with E-state index in [0.717, 1.165) is 38.7 Å². The standard InChI is InChI=1S/C11H19N5.3ClH/c1-10(12)9-15-5-7-16(8-6-15)11-13-3-2-4-14-11;;;/h2-4,10H,5-9,12H2,1H3;3*1H. The first-order valence-electron chi connectivity index (χ1n) is 5.75. The van der Waals surface area contributed by atoms with Crippen molar-refractivity contribution in [1.82, 2.24) is 14.9 Å². The van der Waals surface area contributed by atoms with E-state index < -0.39 is 0 Å². The van der Waals surface area contributed by atoms with Crippen LogP contribution in [0.2, 0.25) is 0 Å². The SMILES string of the molecule is CC(N)CN1CCN(c2ncccn2)CC1.Cl.Cl.Cl. The molecular weight excluding hydrogens is 309 g/mol. The summed E-state index contributed by atoms with van der Waals surface area (Å²) in [6, 6.07) is 2.09. The first kappa shape index (κ1) is 21.0. The Hall–Kier alpha value is -0.330. The summed E-state index contributed by atoms with van der Waals surface area (Å²) in [4.78, 5) is 13.1. The Balaban J connectivity index is 0. The number of halogens is 3. The minimum absolute atomic E-state index is 0. The third-order valence-electron chi connectivity index (χ3n) is 2.75. The van der Waals surface area contributed by atoms with Gasteiger partial charge in [0.05, 0.1) is 0 Å². The van der Waals surface area contributed by atoms with Crippen molar-refractivity contribution in [3.05, 3.63) is 18.5 Å². The second kappa shape index (κ2) is 10.5. The number of rotatable bonds is 3. The van der Waals surface area contributed by atoms with E-state index in [2.05, 4.69) is 19.8 Å². The molecule has 1 unspecified atom stereocenters. The van der Waals surface area contributed by atoms with E-state index >= 15 is 0 Å². The number of nitrogens with zero attached hydrogens (tertiary/aromatic N) is 4. The van der Waals surface area contributed by atoms with Crippen LogP contribution in [-0.2, 0) is 0 Å². The highest BCUT2D eigenvalue weighted by atomic mass is 35.5. The van der Waals surface area contributed by atoms with Crippen molar-refractivity contribution in [1.29, 1.82) is 0 Å². The van der Waals surface area contributed by atoms with Gasteiger partial charge in [-0.05, 0) is 13.0 Å². The molecule has 0 radical (unpaired) electrons. The molecule has 112 valence electrons. The molecule has 1 aromatic rings. The number of aromatic nitrogens is 2. The molecule has 1 atom stereocenters. The van der Waals surface area contributed by atoms with Gasteiger partial charge in [0.1, 0.15) is 0 Å². The second-order valence-corrected chi connectivity index (χ2v) is 4.31.